The third kappa shape index (κ3) is 4.19. The molecule has 2 aromatic carbocycles. The molecule has 0 atom stereocenters. The molecule has 0 unspecified atom stereocenters. The molecule has 0 saturated heterocycles. The third-order valence-corrected chi connectivity index (χ3v) is 4.08. The van der Waals surface area contributed by atoms with Crippen LogP contribution < -0.4 is 11.1 Å². The van der Waals surface area contributed by atoms with Crippen molar-refractivity contribution in [2.75, 3.05) is 13.1 Å². The highest BCUT2D eigenvalue weighted by Gasteiger charge is 2.07. The topological polar surface area (TPSA) is 38.0 Å². The summed E-state index contributed by atoms with van der Waals surface area (Å²) in [7, 11) is 0. The first-order valence-electron chi connectivity index (χ1n) is 8.34. The van der Waals surface area contributed by atoms with Gasteiger partial charge in [-0.15, -0.1) is 0 Å². The van der Waals surface area contributed by atoms with E-state index in [9.17, 15) is 0 Å². The molecule has 0 amide bonds. The SMILES string of the molecule is NCCNCc1cc(C2=CCCC=C2)cc(-c2ccccc2)c1. The van der Waals surface area contributed by atoms with Gasteiger partial charge in [0.05, 0.1) is 0 Å². The van der Waals surface area contributed by atoms with Crippen molar-refractivity contribution < 1.29 is 0 Å². The lowest BCUT2D eigenvalue weighted by Crippen LogP contribution is -2.21. The van der Waals surface area contributed by atoms with Crippen LogP contribution in [0.3, 0.4) is 0 Å². The molecule has 2 heteroatoms. The molecule has 2 aromatic rings. The second kappa shape index (κ2) is 7.91. The summed E-state index contributed by atoms with van der Waals surface area (Å²) in [5.41, 5.74) is 12.0. The third-order valence-electron chi connectivity index (χ3n) is 4.08. The van der Waals surface area contributed by atoms with Gasteiger partial charge >= 0.3 is 0 Å². The van der Waals surface area contributed by atoms with E-state index >= 15 is 0 Å². The fourth-order valence-electron chi connectivity index (χ4n) is 2.92. The Kier molecular flexibility index (Phi) is 5.41. The van der Waals surface area contributed by atoms with E-state index in [1.54, 1.807) is 0 Å². The molecule has 0 aliphatic heterocycles. The van der Waals surface area contributed by atoms with E-state index in [1.165, 1.54) is 27.8 Å². The summed E-state index contributed by atoms with van der Waals surface area (Å²) in [5.74, 6) is 0. The number of hydrogen-bond acceptors (Lipinski definition) is 2. The van der Waals surface area contributed by atoms with Gasteiger partial charge in [-0.2, -0.15) is 0 Å². The summed E-state index contributed by atoms with van der Waals surface area (Å²) < 4.78 is 0. The summed E-state index contributed by atoms with van der Waals surface area (Å²) >= 11 is 0. The summed E-state index contributed by atoms with van der Waals surface area (Å²) in [6, 6.07) is 17.4. The molecular weight excluding hydrogens is 280 g/mol. The van der Waals surface area contributed by atoms with Gasteiger partial charge in [-0.25, -0.2) is 0 Å². The van der Waals surface area contributed by atoms with Crippen molar-refractivity contribution in [3.63, 3.8) is 0 Å². The first-order chi connectivity index (χ1) is 11.4. The van der Waals surface area contributed by atoms with Crippen molar-refractivity contribution in [3.8, 4) is 11.1 Å². The zero-order valence-electron chi connectivity index (χ0n) is 13.5. The van der Waals surface area contributed by atoms with E-state index in [-0.39, 0.29) is 0 Å². The van der Waals surface area contributed by atoms with E-state index in [2.05, 4.69) is 72.1 Å². The van der Waals surface area contributed by atoms with Gasteiger partial charge in [0.1, 0.15) is 0 Å². The van der Waals surface area contributed by atoms with E-state index in [0.29, 0.717) is 6.54 Å². The number of benzene rings is 2. The summed E-state index contributed by atoms with van der Waals surface area (Å²) in [5, 5.41) is 3.40. The lowest BCUT2D eigenvalue weighted by atomic mass is 9.93. The molecular formula is C21H24N2. The molecule has 0 spiro atoms. The first kappa shape index (κ1) is 15.7. The Morgan fingerprint density at radius 3 is 2.48 bits per heavy atom. The summed E-state index contributed by atoms with van der Waals surface area (Å²) in [6.07, 6.45) is 9.11. The van der Waals surface area contributed by atoms with Gasteiger partial charge in [0, 0.05) is 19.6 Å². The van der Waals surface area contributed by atoms with Crippen LogP contribution in [-0.4, -0.2) is 13.1 Å². The van der Waals surface area contributed by atoms with Crippen LogP contribution >= 0.6 is 0 Å². The molecule has 0 fully saturated rings. The van der Waals surface area contributed by atoms with Gasteiger partial charge in [0.2, 0.25) is 0 Å². The van der Waals surface area contributed by atoms with Crippen LogP contribution in [0, 0.1) is 0 Å². The molecule has 0 radical (unpaired) electrons. The maximum absolute atomic E-state index is 5.58. The molecule has 3 N–H and O–H groups in total. The number of allylic oxidation sites excluding steroid dienone is 4. The summed E-state index contributed by atoms with van der Waals surface area (Å²) in [6.45, 7) is 2.36. The van der Waals surface area contributed by atoms with Crippen LogP contribution in [0.5, 0.6) is 0 Å². The summed E-state index contributed by atoms with van der Waals surface area (Å²) in [4.78, 5) is 0. The van der Waals surface area contributed by atoms with Gasteiger partial charge in [0.15, 0.2) is 0 Å². The molecule has 0 bridgehead atoms. The minimum Gasteiger partial charge on any atom is -0.329 e. The highest BCUT2D eigenvalue weighted by atomic mass is 14.9. The Hall–Kier alpha value is -2.16. The van der Waals surface area contributed by atoms with Gasteiger partial charge in [0.25, 0.3) is 0 Å². The molecule has 118 valence electrons. The largest absolute Gasteiger partial charge is 0.329 e. The van der Waals surface area contributed by atoms with Gasteiger partial charge in [-0.1, -0.05) is 48.6 Å². The van der Waals surface area contributed by atoms with Crippen molar-refractivity contribution >= 4 is 5.57 Å². The number of nitrogens with one attached hydrogen (secondary N) is 1. The molecule has 23 heavy (non-hydrogen) atoms. The fourth-order valence-corrected chi connectivity index (χ4v) is 2.92. The zero-order chi connectivity index (χ0) is 15.9. The fraction of sp³-hybridized carbons (Fsp3) is 0.238. The van der Waals surface area contributed by atoms with E-state index in [4.69, 9.17) is 5.73 Å². The van der Waals surface area contributed by atoms with Crippen molar-refractivity contribution in [1.29, 1.82) is 0 Å². The average Bonchev–Trinajstić information content (AvgIpc) is 2.63. The van der Waals surface area contributed by atoms with Crippen LogP contribution in [0.1, 0.15) is 24.0 Å². The lowest BCUT2D eigenvalue weighted by Gasteiger charge is -2.13. The molecule has 2 nitrogen and oxygen atoms in total. The van der Waals surface area contributed by atoms with E-state index in [1.807, 2.05) is 0 Å². The lowest BCUT2D eigenvalue weighted by molar-refractivity contribution is 0.695. The van der Waals surface area contributed by atoms with E-state index in [0.717, 1.165) is 25.9 Å². The Morgan fingerprint density at radius 2 is 1.74 bits per heavy atom. The predicted molar refractivity (Wildman–Crippen MR) is 99.0 cm³/mol. The average molecular weight is 304 g/mol. The smallest absolute Gasteiger partial charge is 0.0206 e. The highest BCUT2D eigenvalue weighted by Crippen LogP contribution is 2.28. The Morgan fingerprint density at radius 1 is 0.913 bits per heavy atom. The molecule has 3 rings (SSSR count). The Balaban J connectivity index is 1.96. The second-order valence-electron chi connectivity index (χ2n) is 5.89. The number of rotatable bonds is 6. The molecule has 1 aliphatic carbocycles. The van der Waals surface area contributed by atoms with Crippen LogP contribution in [0.25, 0.3) is 16.7 Å². The molecule has 1 aliphatic rings. The monoisotopic (exact) mass is 304 g/mol. The van der Waals surface area contributed by atoms with Crippen molar-refractivity contribution in [2.45, 2.75) is 19.4 Å². The quantitative estimate of drug-likeness (QED) is 0.787. The minimum absolute atomic E-state index is 0.666. The number of hydrogen-bond donors (Lipinski definition) is 2. The standard InChI is InChI=1S/C21H24N2/c22-11-12-23-16-17-13-20(18-7-3-1-4-8-18)15-21(14-17)19-9-5-2-6-10-19/h1,3-5,7-10,13-15,23H,2,6,11-12,16,22H2. The maximum Gasteiger partial charge on any atom is 0.0206 e. The Labute approximate surface area is 138 Å². The highest BCUT2D eigenvalue weighted by molar-refractivity contribution is 5.79. The number of nitrogens with two attached hydrogens (primary N) is 1. The molecule has 0 heterocycles. The minimum atomic E-state index is 0.666. The Bertz CT molecular complexity index is 699. The normalized spacial score (nSPS) is 13.9. The second-order valence-corrected chi connectivity index (χ2v) is 5.89. The molecule has 0 aromatic heterocycles. The van der Waals surface area contributed by atoms with Gasteiger partial charge < -0.3 is 11.1 Å². The van der Waals surface area contributed by atoms with Crippen LogP contribution in [0.15, 0.2) is 66.8 Å². The van der Waals surface area contributed by atoms with E-state index < -0.39 is 0 Å². The molecule has 0 saturated carbocycles. The van der Waals surface area contributed by atoms with Crippen LogP contribution in [0.2, 0.25) is 0 Å². The van der Waals surface area contributed by atoms with Crippen molar-refractivity contribution in [1.82, 2.24) is 5.32 Å². The van der Waals surface area contributed by atoms with Crippen LogP contribution in [-0.2, 0) is 6.54 Å². The first-order valence-corrected chi connectivity index (χ1v) is 8.34. The predicted octanol–water partition coefficient (Wildman–Crippen LogP) is 4.14. The zero-order valence-corrected chi connectivity index (χ0v) is 13.5. The van der Waals surface area contributed by atoms with Gasteiger partial charge in [-0.05, 0) is 58.9 Å². The maximum atomic E-state index is 5.58. The van der Waals surface area contributed by atoms with Gasteiger partial charge in [-0.3, -0.25) is 0 Å². The van der Waals surface area contributed by atoms with Crippen molar-refractivity contribution in [3.05, 3.63) is 77.9 Å². The van der Waals surface area contributed by atoms with Crippen LogP contribution in [0.4, 0.5) is 0 Å². The van der Waals surface area contributed by atoms with Crippen molar-refractivity contribution in [2.24, 2.45) is 5.73 Å².